The van der Waals surface area contributed by atoms with Crippen LogP contribution in [-0.4, -0.2) is 6.16 Å². The molecular weight excluding hydrogens is 151 g/mol. The van der Waals surface area contributed by atoms with Crippen LogP contribution in [0.4, 0.5) is 0 Å². The van der Waals surface area contributed by atoms with E-state index >= 15 is 0 Å². The zero-order valence-corrected chi connectivity index (χ0v) is 8.79. The van der Waals surface area contributed by atoms with Crippen LogP contribution in [0.25, 0.3) is 0 Å². The molecule has 0 spiro atoms. The van der Waals surface area contributed by atoms with Gasteiger partial charge < -0.3 is 0 Å². The van der Waals surface area contributed by atoms with E-state index in [1.165, 1.54) is 25.4 Å². The molecule has 1 aliphatic rings. The topological polar surface area (TPSA) is 0 Å². The molecule has 0 radical (unpaired) electrons. The maximum Gasteiger partial charge on any atom is -0.0176 e. The van der Waals surface area contributed by atoms with E-state index in [-0.39, 0.29) is 0 Å². The Morgan fingerprint density at radius 2 is 2.18 bits per heavy atom. The molecule has 1 fully saturated rings. The van der Waals surface area contributed by atoms with Gasteiger partial charge in [-0.1, -0.05) is 19.1 Å². The van der Waals surface area contributed by atoms with Crippen molar-refractivity contribution in [3.05, 3.63) is 12.2 Å². The standard InChI is InChI=1S/C10H19P/c1-3-4-9(5-8-11)10(2)6-7-10/h3-4,9H,5-8,11H2,1-2H3. The van der Waals surface area contributed by atoms with E-state index in [2.05, 4.69) is 35.2 Å². The van der Waals surface area contributed by atoms with Crippen LogP contribution in [0.1, 0.15) is 33.1 Å². The molecule has 0 heterocycles. The molecule has 64 valence electrons. The molecule has 0 saturated heterocycles. The van der Waals surface area contributed by atoms with Crippen molar-refractivity contribution in [2.75, 3.05) is 6.16 Å². The first kappa shape index (κ1) is 9.26. The third-order valence-electron chi connectivity index (χ3n) is 2.84. The molecular formula is C10H19P. The molecule has 1 rings (SSSR count). The third-order valence-corrected chi connectivity index (χ3v) is 3.17. The number of allylic oxidation sites excluding steroid dienone is 2. The van der Waals surface area contributed by atoms with Crippen LogP contribution >= 0.6 is 9.24 Å². The van der Waals surface area contributed by atoms with Crippen molar-refractivity contribution in [1.82, 2.24) is 0 Å². The lowest BCUT2D eigenvalue weighted by Crippen LogP contribution is -2.10. The van der Waals surface area contributed by atoms with Crippen LogP contribution in [0, 0.1) is 11.3 Å². The van der Waals surface area contributed by atoms with Crippen LogP contribution in [0.3, 0.4) is 0 Å². The zero-order valence-electron chi connectivity index (χ0n) is 7.64. The van der Waals surface area contributed by atoms with E-state index < -0.39 is 0 Å². The van der Waals surface area contributed by atoms with Crippen molar-refractivity contribution in [2.24, 2.45) is 11.3 Å². The van der Waals surface area contributed by atoms with Gasteiger partial charge in [-0.2, -0.15) is 0 Å². The maximum absolute atomic E-state index is 2.83. The molecule has 0 aliphatic heterocycles. The molecule has 0 N–H and O–H groups in total. The Kier molecular flexibility index (Phi) is 3.13. The number of hydrogen-bond donors (Lipinski definition) is 0. The second-order valence-electron chi connectivity index (χ2n) is 3.86. The van der Waals surface area contributed by atoms with Crippen LogP contribution in [0.15, 0.2) is 12.2 Å². The fraction of sp³-hybridized carbons (Fsp3) is 0.800. The Hall–Kier alpha value is 0.170. The minimum Gasteiger partial charge on any atom is -0.138 e. The summed E-state index contributed by atoms with van der Waals surface area (Å²) in [6.07, 6.45) is 10.0. The van der Waals surface area contributed by atoms with E-state index in [9.17, 15) is 0 Å². The quantitative estimate of drug-likeness (QED) is 0.449. The highest BCUT2D eigenvalue weighted by Gasteiger charge is 2.42. The molecule has 0 aromatic carbocycles. The van der Waals surface area contributed by atoms with Gasteiger partial charge in [0.05, 0.1) is 0 Å². The highest BCUT2D eigenvalue weighted by molar-refractivity contribution is 7.16. The normalized spacial score (nSPS) is 23.9. The average molecular weight is 170 g/mol. The van der Waals surface area contributed by atoms with Gasteiger partial charge in [0.25, 0.3) is 0 Å². The smallest absolute Gasteiger partial charge is 0.0176 e. The van der Waals surface area contributed by atoms with E-state index in [1.807, 2.05) is 0 Å². The van der Waals surface area contributed by atoms with Crippen molar-refractivity contribution >= 4 is 9.24 Å². The van der Waals surface area contributed by atoms with E-state index in [0.717, 1.165) is 5.92 Å². The third kappa shape index (κ3) is 2.30. The predicted octanol–water partition coefficient (Wildman–Crippen LogP) is 3.24. The largest absolute Gasteiger partial charge is 0.138 e. The summed E-state index contributed by atoms with van der Waals surface area (Å²) in [4.78, 5) is 0. The molecule has 1 aliphatic carbocycles. The minimum absolute atomic E-state index is 0.670. The Morgan fingerprint density at radius 3 is 2.55 bits per heavy atom. The Balaban J connectivity index is 2.45. The number of hydrogen-bond acceptors (Lipinski definition) is 0. The summed E-state index contributed by atoms with van der Waals surface area (Å²) < 4.78 is 0. The van der Waals surface area contributed by atoms with Gasteiger partial charge in [0.2, 0.25) is 0 Å². The first-order chi connectivity index (χ1) is 5.23. The summed E-state index contributed by atoms with van der Waals surface area (Å²) in [7, 11) is 2.83. The highest BCUT2D eigenvalue weighted by Crippen LogP contribution is 2.53. The fourth-order valence-electron chi connectivity index (χ4n) is 1.66. The van der Waals surface area contributed by atoms with Gasteiger partial charge in [-0.15, -0.1) is 9.24 Å². The van der Waals surface area contributed by atoms with E-state index in [4.69, 9.17) is 0 Å². The summed E-state index contributed by atoms with van der Waals surface area (Å²) in [6.45, 7) is 4.54. The fourth-order valence-corrected chi connectivity index (χ4v) is 2.02. The van der Waals surface area contributed by atoms with E-state index in [0.29, 0.717) is 5.41 Å². The second kappa shape index (κ2) is 3.72. The van der Waals surface area contributed by atoms with Crippen LogP contribution < -0.4 is 0 Å². The van der Waals surface area contributed by atoms with Gasteiger partial charge in [-0.05, 0) is 43.7 Å². The van der Waals surface area contributed by atoms with Crippen LogP contribution in [0.5, 0.6) is 0 Å². The predicted molar refractivity (Wildman–Crippen MR) is 54.8 cm³/mol. The van der Waals surface area contributed by atoms with Crippen molar-refractivity contribution in [1.29, 1.82) is 0 Å². The molecule has 0 bridgehead atoms. The van der Waals surface area contributed by atoms with Gasteiger partial charge >= 0.3 is 0 Å². The first-order valence-electron chi connectivity index (χ1n) is 4.56. The lowest BCUT2D eigenvalue weighted by molar-refractivity contribution is 0.398. The Bertz CT molecular complexity index is 145. The zero-order chi connectivity index (χ0) is 8.32. The van der Waals surface area contributed by atoms with Gasteiger partial charge in [0.1, 0.15) is 0 Å². The second-order valence-corrected chi connectivity index (χ2v) is 4.44. The lowest BCUT2D eigenvalue weighted by atomic mass is 9.88. The van der Waals surface area contributed by atoms with Crippen LogP contribution in [-0.2, 0) is 0 Å². The van der Waals surface area contributed by atoms with Gasteiger partial charge in [0, 0.05) is 0 Å². The summed E-state index contributed by atoms with van der Waals surface area (Å²) in [5.74, 6) is 0.838. The molecule has 0 aromatic heterocycles. The minimum atomic E-state index is 0.670. The molecule has 1 heteroatoms. The Morgan fingerprint density at radius 1 is 1.55 bits per heavy atom. The number of rotatable bonds is 4. The lowest BCUT2D eigenvalue weighted by Gasteiger charge is -2.18. The molecule has 2 atom stereocenters. The summed E-state index contributed by atoms with van der Waals surface area (Å²) in [5.41, 5.74) is 0.670. The Labute approximate surface area is 72.7 Å². The summed E-state index contributed by atoms with van der Waals surface area (Å²) in [6, 6.07) is 0. The summed E-state index contributed by atoms with van der Waals surface area (Å²) in [5, 5.41) is 0. The van der Waals surface area contributed by atoms with Crippen molar-refractivity contribution in [3.63, 3.8) is 0 Å². The van der Waals surface area contributed by atoms with E-state index in [1.54, 1.807) is 0 Å². The molecule has 11 heavy (non-hydrogen) atoms. The molecule has 0 amide bonds. The molecule has 1 saturated carbocycles. The summed E-state index contributed by atoms with van der Waals surface area (Å²) >= 11 is 0. The maximum atomic E-state index is 2.83. The van der Waals surface area contributed by atoms with Gasteiger partial charge in [-0.25, -0.2) is 0 Å². The van der Waals surface area contributed by atoms with Crippen LogP contribution in [0.2, 0.25) is 0 Å². The highest BCUT2D eigenvalue weighted by atomic mass is 31.0. The molecule has 0 aromatic rings. The van der Waals surface area contributed by atoms with Crippen molar-refractivity contribution in [3.8, 4) is 0 Å². The van der Waals surface area contributed by atoms with Crippen molar-refractivity contribution < 1.29 is 0 Å². The van der Waals surface area contributed by atoms with Gasteiger partial charge in [-0.3, -0.25) is 0 Å². The molecule has 0 nitrogen and oxygen atoms in total. The monoisotopic (exact) mass is 170 g/mol. The SMILES string of the molecule is CC=CC(CCP)C1(C)CC1. The first-order valence-corrected chi connectivity index (χ1v) is 5.37. The molecule has 2 unspecified atom stereocenters. The average Bonchev–Trinajstić information content (AvgIpc) is 2.69. The van der Waals surface area contributed by atoms with Gasteiger partial charge in [0.15, 0.2) is 0 Å². The van der Waals surface area contributed by atoms with Crippen molar-refractivity contribution in [2.45, 2.75) is 33.1 Å².